The van der Waals surface area contributed by atoms with Gasteiger partial charge in [0.1, 0.15) is 5.82 Å². The summed E-state index contributed by atoms with van der Waals surface area (Å²) in [6.07, 6.45) is 7.38. The summed E-state index contributed by atoms with van der Waals surface area (Å²) in [6.45, 7) is 5.14. The standard InChI is InChI=1S/C21H25N5/c1-4-18-7-5-6-16(2)20(18)25-21-23-14-10-19(24-21)26(3)15-11-17-8-12-22-13-9-17/h5-10,12-14H,4,11,15H2,1-3H3,(H,23,24,25). The van der Waals surface area contributed by atoms with Crippen LogP contribution in [0.1, 0.15) is 23.6 Å². The van der Waals surface area contributed by atoms with Crippen LogP contribution in [0.2, 0.25) is 0 Å². The van der Waals surface area contributed by atoms with Crippen LogP contribution in [0.4, 0.5) is 17.5 Å². The van der Waals surface area contributed by atoms with Gasteiger partial charge in [-0.25, -0.2) is 4.98 Å². The SMILES string of the molecule is CCc1cccc(C)c1Nc1nccc(N(C)CCc2ccncc2)n1. The van der Waals surface area contributed by atoms with E-state index >= 15 is 0 Å². The van der Waals surface area contributed by atoms with Crippen LogP contribution in [-0.2, 0) is 12.8 Å². The minimum atomic E-state index is 0.627. The van der Waals surface area contributed by atoms with Crippen LogP contribution in [0.3, 0.4) is 0 Å². The molecule has 1 N–H and O–H groups in total. The molecule has 134 valence electrons. The molecule has 0 saturated carbocycles. The van der Waals surface area contributed by atoms with E-state index in [2.05, 4.69) is 64.3 Å². The first kappa shape index (κ1) is 17.9. The lowest BCUT2D eigenvalue weighted by atomic mass is 10.1. The number of likely N-dealkylation sites (N-methyl/N-ethyl adjacent to an activating group) is 1. The Morgan fingerprint density at radius 2 is 1.85 bits per heavy atom. The van der Waals surface area contributed by atoms with Crippen LogP contribution in [0, 0.1) is 6.92 Å². The predicted octanol–water partition coefficient (Wildman–Crippen LogP) is 4.16. The largest absolute Gasteiger partial charge is 0.359 e. The Hall–Kier alpha value is -2.95. The highest BCUT2D eigenvalue weighted by atomic mass is 15.2. The molecule has 1 aromatic carbocycles. The highest BCUT2D eigenvalue weighted by molar-refractivity contribution is 5.63. The van der Waals surface area contributed by atoms with E-state index in [9.17, 15) is 0 Å². The lowest BCUT2D eigenvalue weighted by Crippen LogP contribution is -2.21. The first-order valence-corrected chi connectivity index (χ1v) is 8.96. The van der Waals surface area contributed by atoms with Gasteiger partial charge in [-0.2, -0.15) is 4.98 Å². The number of pyridine rings is 1. The fourth-order valence-electron chi connectivity index (χ4n) is 2.90. The number of nitrogens with one attached hydrogen (secondary N) is 1. The average molecular weight is 347 g/mol. The highest BCUT2D eigenvalue weighted by Gasteiger charge is 2.09. The van der Waals surface area contributed by atoms with E-state index in [1.54, 1.807) is 6.20 Å². The van der Waals surface area contributed by atoms with Gasteiger partial charge in [0.25, 0.3) is 0 Å². The molecule has 0 amide bonds. The molecule has 5 nitrogen and oxygen atoms in total. The average Bonchev–Trinajstić information content (AvgIpc) is 2.68. The van der Waals surface area contributed by atoms with E-state index in [0.29, 0.717) is 5.95 Å². The Morgan fingerprint density at radius 3 is 2.62 bits per heavy atom. The maximum Gasteiger partial charge on any atom is 0.229 e. The number of aromatic nitrogens is 3. The van der Waals surface area contributed by atoms with Gasteiger partial charge < -0.3 is 10.2 Å². The minimum Gasteiger partial charge on any atom is -0.359 e. The third-order valence-corrected chi connectivity index (χ3v) is 4.49. The summed E-state index contributed by atoms with van der Waals surface area (Å²) in [5.41, 5.74) is 4.84. The summed E-state index contributed by atoms with van der Waals surface area (Å²) in [4.78, 5) is 15.3. The van der Waals surface area contributed by atoms with E-state index in [-0.39, 0.29) is 0 Å². The zero-order chi connectivity index (χ0) is 18.4. The van der Waals surface area contributed by atoms with Crippen molar-refractivity contribution in [3.8, 4) is 0 Å². The van der Waals surface area contributed by atoms with Gasteiger partial charge in [0, 0.05) is 37.9 Å². The third kappa shape index (κ3) is 4.36. The molecular formula is C21H25N5. The van der Waals surface area contributed by atoms with Gasteiger partial charge in [0.05, 0.1) is 0 Å². The molecule has 5 heteroatoms. The maximum atomic E-state index is 4.69. The lowest BCUT2D eigenvalue weighted by Gasteiger charge is -2.19. The normalized spacial score (nSPS) is 10.6. The minimum absolute atomic E-state index is 0.627. The quantitative estimate of drug-likeness (QED) is 0.695. The molecule has 0 aliphatic heterocycles. The van der Waals surface area contributed by atoms with Crippen molar-refractivity contribution in [3.63, 3.8) is 0 Å². The molecule has 0 aliphatic rings. The fraction of sp³-hybridized carbons (Fsp3) is 0.286. The monoisotopic (exact) mass is 347 g/mol. The first-order valence-electron chi connectivity index (χ1n) is 8.96. The third-order valence-electron chi connectivity index (χ3n) is 4.49. The van der Waals surface area contributed by atoms with Crippen LogP contribution in [0.25, 0.3) is 0 Å². The summed E-state index contributed by atoms with van der Waals surface area (Å²) in [6, 6.07) is 12.4. The molecular weight excluding hydrogens is 322 g/mol. The molecule has 26 heavy (non-hydrogen) atoms. The van der Waals surface area contributed by atoms with Crippen LogP contribution in [0.15, 0.2) is 55.0 Å². The summed E-state index contributed by atoms with van der Waals surface area (Å²) in [5, 5.41) is 3.40. The van der Waals surface area contributed by atoms with E-state index in [0.717, 1.165) is 30.9 Å². The second kappa shape index (κ2) is 8.43. The Kier molecular flexibility index (Phi) is 5.79. The summed E-state index contributed by atoms with van der Waals surface area (Å²) >= 11 is 0. The molecule has 2 aromatic heterocycles. The van der Waals surface area contributed by atoms with Crippen LogP contribution in [0.5, 0.6) is 0 Å². The number of benzene rings is 1. The molecule has 0 fully saturated rings. The number of nitrogens with zero attached hydrogens (tertiary/aromatic N) is 4. The van der Waals surface area contributed by atoms with Crippen molar-refractivity contribution in [2.45, 2.75) is 26.7 Å². The number of hydrogen-bond donors (Lipinski definition) is 1. The molecule has 2 heterocycles. The maximum absolute atomic E-state index is 4.69. The summed E-state index contributed by atoms with van der Waals surface area (Å²) in [7, 11) is 2.05. The Morgan fingerprint density at radius 1 is 1.04 bits per heavy atom. The van der Waals surface area contributed by atoms with Crippen molar-refractivity contribution in [3.05, 3.63) is 71.7 Å². The molecule has 3 aromatic rings. The second-order valence-corrected chi connectivity index (χ2v) is 6.35. The molecule has 0 spiro atoms. The first-order chi connectivity index (χ1) is 12.7. The van der Waals surface area contributed by atoms with Gasteiger partial charge in [-0.1, -0.05) is 25.1 Å². The van der Waals surface area contributed by atoms with Crippen molar-refractivity contribution < 1.29 is 0 Å². The topological polar surface area (TPSA) is 53.9 Å². The van der Waals surface area contributed by atoms with Gasteiger partial charge in [-0.15, -0.1) is 0 Å². The second-order valence-electron chi connectivity index (χ2n) is 6.35. The fourth-order valence-corrected chi connectivity index (χ4v) is 2.90. The van der Waals surface area contributed by atoms with E-state index < -0.39 is 0 Å². The lowest BCUT2D eigenvalue weighted by molar-refractivity contribution is 0.855. The van der Waals surface area contributed by atoms with Gasteiger partial charge in [0.15, 0.2) is 0 Å². The molecule has 0 atom stereocenters. The van der Waals surface area contributed by atoms with Crippen molar-refractivity contribution in [1.82, 2.24) is 15.0 Å². The predicted molar refractivity (Wildman–Crippen MR) is 107 cm³/mol. The van der Waals surface area contributed by atoms with Gasteiger partial charge in [0.2, 0.25) is 5.95 Å². The molecule has 0 saturated heterocycles. The molecule has 0 unspecified atom stereocenters. The Labute approximate surface area is 155 Å². The number of anilines is 3. The van der Waals surface area contributed by atoms with Crippen molar-refractivity contribution in [1.29, 1.82) is 0 Å². The van der Waals surface area contributed by atoms with Crippen LogP contribution < -0.4 is 10.2 Å². The summed E-state index contributed by atoms with van der Waals surface area (Å²) in [5.74, 6) is 1.53. The molecule has 0 radical (unpaired) electrons. The molecule has 3 rings (SSSR count). The zero-order valence-electron chi connectivity index (χ0n) is 15.6. The van der Waals surface area contributed by atoms with Gasteiger partial charge in [-0.3, -0.25) is 4.98 Å². The smallest absolute Gasteiger partial charge is 0.229 e. The summed E-state index contributed by atoms with van der Waals surface area (Å²) < 4.78 is 0. The number of aryl methyl sites for hydroxylation is 2. The van der Waals surface area contributed by atoms with Gasteiger partial charge in [-0.05, 0) is 54.7 Å². The van der Waals surface area contributed by atoms with Crippen molar-refractivity contribution in [2.24, 2.45) is 0 Å². The highest BCUT2D eigenvalue weighted by Crippen LogP contribution is 2.24. The van der Waals surface area contributed by atoms with Crippen LogP contribution in [-0.4, -0.2) is 28.5 Å². The molecule has 0 aliphatic carbocycles. The van der Waals surface area contributed by atoms with E-state index in [1.165, 1.54) is 16.7 Å². The Balaban J connectivity index is 1.72. The number of rotatable bonds is 7. The number of para-hydroxylation sites is 1. The Bertz CT molecular complexity index is 848. The molecule has 0 bridgehead atoms. The van der Waals surface area contributed by atoms with E-state index in [4.69, 9.17) is 0 Å². The number of hydrogen-bond acceptors (Lipinski definition) is 5. The van der Waals surface area contributed by atoms with Crippen molar-refractivity contribution in [2.75, 3.05) is 23.8 Å². The zero-order valence-corrected chi connectivity index (χ0v) is 15.6. The van der Waals surface area contributed by atoms with Gasteiger partial charge >= 0.3 is 0 Å². The van der Waals surface area contributed by atoms with Crippen LogP contribution >= 0.6 is 0 Å². The van der Waals surface area contributed by atoms with E-state index in [1.807, 2.05) is 30.6 Å². The van der Waals surface area contributed by atoms with Crippen molar-refractivity contribution >= 4 is 17.5 Å².